The van der Waals surface area contributed by atoms with E-state index in [2.05, 4.69) is 10.4 Å². The van der Waals surface area contributed by atoms with Crippen LogP contribution in [0.25, 0.3) is 0 Å². The lowest BCUT2D eigenvalue weighted by atomic mass is 10.0. The number of aliphatic hydroxyl groups excluding tert-OH is 1. The number of nitrogens with zero attached hydrogens (tertiary/aromatic N) is 1. The molecular weight excluding hydrogens is 409 g/mol. The summed E-state index contributed by atoms with van der Waals surface area (Å²) in [5.41, 5.74) is 7.18. The highest BCUT2D eigenvalue weighted by atomic mass is 19.4. The van der Waals surface area contributed by atoms with Gasteiger partial charge in [-0.1, -0.05) is 50.2 Å². The Balaban J connectivity index is 0.000000343. The van der Waals surface area contributed by atoms with E-state index in [-0.39, 0.29) is 18.6 Å². The fraction of sp³-hybridized carbons (Fsp3) is 0.364. The van der Waals surface area contributed by atoms with Crippen molar-refractivity contribution >= 4 is 11.7 Å². The molecule has 9 heteroatoms. The van der Waals surface area contributed by atoms with Crippen LogP contribution in [0.5, 0.6) is 0 Å². The molecule has 0 bridgehead atoms. The first-order chi connectivity index (χ1) is 14.5. The van der Waals surface area contributed by atoms with Crippen LogP contribution in [0, 0.1) is 5.92 Å². The third-order valence-corrected chi connectivity index (χ3v) is 4.28. The predicted molar refractivity (Wildman–Crippen MR) is 115 cm³/mol. The van der Waals surface area contributed by atoms with Gasteiger partial charge in [0.2, 0.25) is 5.91 Å². The molecule has 0 fully saturated rings. The molecule has 0 aromatic heterocycles. The third-order valence-electron chi connectivity index (χ3n) is 4.28. The molecular formula is C22H29F3N4O2. The Bertz CT molecular complexity index is 849. The van der Waals surface area contributed by atoms with Gasteiger partial charge in [0.05, 0.1) is 18.2 Å². The fourth-order valence-corrected chi connectivity index (χ4v) is 2.57. The summed E-state index contributed by atoms with van der Waals surface area (Å²) in [5.74, 6) is 5.84. The van der Waals surface area contributed by atoms with E-state index in [1.807, 2.05) is 45.0 Å². The maximum atomic E-state index is 12.0. The first kappa shape index (κ1) is 26.0. The Morgan fingerprint density at radius 3 is 2.03 bits per heavy atom. The number of hydrazone groups is 1. The van der Waals surface area contributed by atoms with E-state index in [9.17, 15) is 18.0 Å². The first-order valence-electron chi connectivity index (χ1n) is 9.68. The molecule has 1 amide bonds. The summed E-state index contributed by atoms with van der Waals surface area (Å²) in [6.45, 7) is 5.76. The van der Waals surface area contributed by atoms with Crippen molar-refractivity contribution in [2.45, 2.75) is 46.0 Å². The topological polar surface area (TPSA) is 114 Å². The highest BCUT2D eigenvalue weighted by Gasteiger charge is 2.29. The van der Waals surface area contributed by atoms with Crippen molar-refractivity contribution < 1.29 is 23.1 Å². The molecule has 0 aliphatic heterocycles. The molecule has 2 aromatic rings. The molecule has 2 rings (SSSR count). The number of nitrogens with one attached hydrogen (secondary N) is 1. The van der Waals surface area contributed by atoms with Crippen molar-refractivity contribution in [3.8, 4) is 0 Å². The predicted octanol–water partition coefficient (Wildman–Crippen LogP) is 3.69. The minimum absolute atomic E-state index is 0.0312. The van der Waals surface area contributed by atoms with Gasteiger partial charge in [-0.2, -0.15) is 18.3 Å². The standard InChI is InChI=1S/C14H22N4O.C8H7F3O/c1-9(2)8-13(19)17-10(3)11-4-6-12(7-5-11)14(15)18-16;9-8(10,11)7-3-1-6(5-12)2-4-7/h4-7,9-10H,8,16H2,1-3H3,(H2,15,18)(H,17,19);1-4,12H,5H2. The monoisotopic (exact) mass is 438 g/mol. The van der Waals surface area contributed by atoms with E-state index in [1.165, 1.54) is 12.1 Å². The van der Waals surface area contributed by atoms with Gasteiger partial charge in [-0.25, -0.2) is 0 Å². The first-order valence-corrected chi connectivity index (χ1v) is 9.68. The Kier molecular flexibility index (Phi) is 10.0. The van der Waals surface area contributed by atoms with Gasteiger partial charge in [-0.05, 0) is 36.1 Å². The lowest BCUT2D eigenvalue weighted by molar-refractivity contribution is -0.137. The summed E-state index contributed by atoms with van der Waals surface area (Å²) < 4.78 is 35.9. The number of carbonyl (C=O) groups is 1. The lowest BCUT2D eigenvalue weighted by Crippen LogP contribution is -2.27. The Morgan fingerprint density at radius 2 is 1.61 bits per heavy atom. The molecule has 0 spiro atoms. The number of carbonyl (C=O) groups excluding carboxylic acids is 1. The molecule has 0 heterocycles. The second kappa shape index (κ2) is 11.9. The van der Waals surface area contributed by atoms with Crippen molar-refractivity contribution in [2.75, 3.05) is 0 Å². The van der Waals surface area contributed by atoms with Gasteiger partial charge >= 0.3 is 6.18 Å². The van der Waals surface area contributed by atoms with E-state index in [4.69, 9.17) is 16.7 Å². The number of amides is 1. The van der Waals surface area contributed by atoms with Crippen LogP contribution in [0.15, 0.2) is 53.6 Å². The van der Waals surface area contributed by atoms with Crippen molar-refractivity contribution in [3.05, 3.63) is 70.8 Å². The molecule has 6 nitrogen and oxygen atoms in total. The Morgan fingerprint density at radius 1 is 1.06 bits per heavy atom. The summed E-state index contributed by atoms with van der Waals surface area (Å²) in [4.78, 5) is 11.7. The van der Waals surface area contributed by atoms with E-state index in [0.29, 0.717) is 23.7 Å². The fourth-order valence-electron chi connectivity index (χ4n) is 2.57. The molecule has 1 unspecified atom stereocenters. The Labute approximate surface area is 180 Å². The maximum absolute atomic E-state index is 12.0. The van der Waals surface area contributed by atoms with Gasteiger partial charge < -0.3 is 22.0 Å². The van der Waals surface area contributed by atoms with Crippen LogP contribution >= 0.6 is 0 Å². The second-order valence-electron chi connectivity index (χ2n) is 7.38. The molecule has 2 aromatic carbocycles. The third kappa shape index (κ3) is 9.08. The number of aliphatic hydroxyl groups is 1. The van der Waals surface area contributed by atoms with E-state index >= 15 is 0 Å². The molecule has 6 N–H and O–H groups in total. The second-order valence-corrected chi connectivity index (χ2v) is 7.38. The van der Waals surface area contributed by atoms with E-state index < -0.39 is 11.7 Å². The van der Waals surface area contributed by atoms with Crippen LogP contribution in [-0.4, -0.2) is 16.8 Å². The average molecular weight is 438 g/mol. The summed E-state index contributed by atoms with van der Waals surface area (Å²) in [5, 5.41) is 15.0. The molecule has 0 radical (unpaired) electrons. The van der Waals surface area contributed by atoms with Crippen LogP contribution in [0.4, 0.5) is 13.2 Å². The largest absolute Gasteiger partial charge is 0.416 e. The molecule has 0 saturated carbocycles. The zero-order valence-corrected chi connectivity index (χ0v) is 17.8. The van der Waals surface area contributed by atoms with E-state index in [0.717, 1.165) is 23.3 Å². The smallest absolute Gasteiger partial charge is 0.392 e. The van der Waals surface area contributed by atoms with Crippen LogP contribution in [0.2, 0.25) is 0 Å². The summed E-state index contributed by atoms with van der Waals surface area (Å²) in [7, 11) is 0. The molecule has 31 heavy (non-hydrogen) atoms. The molecule has 0 saturated heterocycles. The minimum atomic E-state index is -4.30. The number of rotatable bonds is 6. The van der Waals surface area contributed by atoms with Gasteiger partial charge in [0, 0.05) is 12.0 Å². The zero-order valence-electron chi connectivity index (χ0n) is 17.8. The van der Waals surface area contributed by atoms with Crippen molar-refractivity contribution in [1.82, 2.24) is 5.32 Å². The van der Waals surface area contributed by atoms with Gasteiger partial charge in [-0.3, -0.25) is 4.79 Å². The van der Waals surface area contributed by atoms with Crippen molar-refractivity contribution in [3.63, 3.8) is 0 Å². The highest BCUT2D eigenvalue weighted by molar-refractivity contribution is 5.97. The summed E-state index contributed by atoms with van der Waals surface area (Å²) in [6.07, 6.45) is -3.76. The maximum Gasteiger partial charge on any atom is 0.416 e. The molecule has 0 aliphatic carbocycles. The number of nitrogens with two attached hydrogens (primary N) is 2. The van der Waals surface area contributed by atoms with Crippen LogP contribution in [0.1, 0.15) is 55.5 Å². The molecule has 0 aliphatic rings. The van der Waals surface area contributed by atoms with Crippen molar-refractivity contribution in [1.29, 1.82) is 0 Å². The van der Waals surface area contributed by atoms with Crippen LogP contribution < -0.4 is 16.9 Å². The lowest BCUT2D eigenvalue weighted by Gasteiger charge is -2.15. The number of halogens is 3. The number of benzene rings is 2. The van der Waals surface area contributed by atoms with E-state index in [1.54, 1.807) is 0 Å². The average Bonchev–Trinajstić information content (AvgIpc) is 2.72. The van der Waals surface area contributed by atoms with Gasteiger partial charge in [0.25, 0.3) is 0 Å². The summed E-state index contributed by atoms with van der Waals surface area (Å²) in [6, 6.07) is 11.9. The van der Waals surface area contributed by atoms with Crippen LogP contribution in [-0.2, 0) is 17.6 Å². The highest BCUT2D eigenvalue weighted by Crippen LogP contribution is 2.29. The quantitative estimate of drug-likeness (QED) is 0.238. The van der Waals surface area contributed by atoms with Gasteiger partial charge in [-0.15, -0.1) is 0 Å². The summed E-state index contributed by atoms with van der Waals surface area (Å²) >= 11 is 0. The van der Waals surface area contributed by atoms with Gasteiger partial charge in [0.1, 0.15) is 5.84 Å². The number of hydrogen-bond acceptors (Lipinski definition) is 4. The number of hydrogen-bond donors (Lipinski definition) is 4. The van der Waals surface area contributed by atoms with Gasteiger partial charge in [0.15, 0.2) is 0 Å². The zero-order chi connectivity index (χ0) is 23.6. The molecule has 1 atom stereocenters. The Hall–Kier alpha value is -3.07. The minimum Gasteiger partial charge on any atom is -0.392 e. The molecule has 170 valence electrons. The normalized spacial score (nSPS) is 12.7. The van der Waals surface area contributed by atoms with Crippen LogP contribution in [0.3, 0.4) is 0 Å². The van der Waals surface area contributed by atoms with Crippen molar-refractivity contribution in [2.24, 2.45) is 22.6 Å². The number of amidine groups is 1. The SMILES string of the molecule is CC(C)CC(=O)NC(C)c1ccc(/C(N)=N/N)cc1.OCc1ccc(C(F)(F)F)cc1. The number of alkyl halides is 3.